The van der Waals surface area contributed by atoms with Crippen LogP contribution in [0.4, 0.5) is 5.69 Å². The number of hydrogen-bond acceptors (Lipinski definition) is 6. The first-order chi connectivity index (χ1) is 16.3. The van der Waals surface area contributed by atoms with E-state index < -0.39 is 17.7 Å². The number of nitrogens with zero attached hydrogens (tertiary/aromatic N) is 1. The van der Waals surface area contributed by atoms with Gasteiger partial charge in [-0.1, -0.05) is 0 Å². The van der Waals surface area contributed by atoms with Gasteiger partial charge in [-0.05, 0) is 87.9 Å². The van der Waals surface area contributed by atoms with Crippen molar-refractivity contribution in [1.29, 1.82) is 0 Å². The van der Waals surface area contributed by atoms with Crippen LogP contribution in [-0.4, -0.2) is 30.0 Å². The van der Waals surface area contributed by atoms with Crippen molar-refractivity contribution in [2.24, 2.45) is 0 Å². The number of aliphatic hydroxyl groups excluding tert-OH is 1. The van der Waals surface area contributed by atoms with Gasteiger partial charge in [-0.25, -0.2) is 0 Å². The summed E-state index contributed by atoms with van der Waals surface area (Å²) in [5.74, 6) is 0.561. The molecular weight excluding hydrogens is 434 g/mol. The van der Waals surface area contributed by atoms with Gasteiger partial charge in [0.2, 0.25) is 0 Å². The van der Waals surface area contributed by atoms with Crippen LogP contribution in [0.1, 0.15) is 42.5 Å². The Hall–Kier alpha value is -4.00. The first kappa shape index (κ1) is 23.2. The Morgan fingerprint density at radius 1 is 0.971 bits per heavy atom. The van der Waals surface area contributed by atoms with Gasteiger partial charge in [0.1, 0.15) is 34.8 Å². The van der Waals surface area contributed by atoms with Crippen molar-refractivity contribution < 1.29 is 28.6 Å². The van der Waals surface area contributed by atoms with Gasteiger partial charge in [-0.3, -0.25) is 14.5 Å². The fourth-order valence-electron chi connectivity index (χ4n) is 4.11. The van der Waals surface area contributed by atoms with E-state index in [0.717, 1.165) is 5.56 Å². The number of furan rings is 1. The molecule has 0 aliphatic carbocycles. The number of aliphatic hydroxyl groups is 1. The van der Waals surface area contributed by atoms with E-state index in [4.69, 9.17) is 13.9 Å². The summed E-state index contributed by atoms with van der Waals surface area (Å²) >= 11 is 0. The summed E-state index contributed by atoms with van der Waals surface area (Å²) in [7, 11) is 0. The molecule has 0 saturated carbocycles. The molecule has 1 aromatic heterocycles. The summed E-state index contributed by atoms with van der Waals surface area (Å²) < 4.78 is 16.9. The van der Waals surface area contributed by atoms with E-state index in [9.17, 15) is 14.7 Å². The van der Waals surface area contributed by atoms with Crippen molar-refractivity contribution in [3.05, 3.63) is 82.8 Å². The largest absolute Gasteiger partial charge is 0.507 e. The molecule has 0 bridgehead atoms. The van der Waals surface area contributed by atoms with Crippen molar-refractivity contribution in [1.82, 2.24) is 0 Å². The summed E-state index contributed by atoms with van der Waals surface area (Å²) in [6.45, 7) is 8.43. The summed E-state index contributed by atoms with van der Waals surface area (Å²) in [5, 5.41) is 11.2. The lowest BCUT2D eigenvalue weighted by atomic mass is 9.98. The molecule has 1 fully saturated rings. The first-order valence-electron chi connectivity index (χ1n) is 11.2. The van der Waals surface area contributed by atoms with Crippen LogP contribution in [0, 0.1) is 13.8 Å². The van der Waals surface area contributed by atoms with Gasteiger partial charge in [0.15, 0.2) is 0 Å². The van der Waals surface area contributed by atoms with Crippen LogP contribution in [0.3, 0.4) is 0 Å². The third-order valence-corrected chi connectivity index (χ3v) is 5.65. The zero-order valence-electron chi connectivity index (χ0n) is 19.6. The molecule has 0 spiro atoms. The van der Waals surface area contributed by atoms with Crippen LogP contribution < -0.4 is 14.4 Å². The van der Waals surface area contributed by atoms with E-state index in [1.807, 2.05) is 20.8 Å². The molecule has 176 valence electrons. The van der Waals surface area contributed by atoms with E-state index in [-0.39, 0.29) is 11.3 Å². The Morgan fingerprint density at radius 2 is 1.68 bits per heavy atom. The molecule has 1 saturated heterocycles. The Morgan fingerprint density at radius 3 is 2.26 bits per heavy atom. The summed E-state index contributed by atoms with van der Waals surface area (Å²) in [6.07, 6.45) is 0. The first-order valence-corrected chi connectivity index (χ1v) is 11.2. The van der Waals surface area contributed by atoms with Crippen molar-refractivity contribution >= 4 is 23.1 Å². The zero-order chi connectivity index (χ0) is 24.4. The second-order valence-corrected chi connectivity index (χ2v) is 7.96. The Kier molecular flexibility index (Phi) is 6.45. The molecule has 0 radical (unpaired) electrons. The smallest absolute Gasteiger partial charge is 0.300 e. The highest BCUT2D eigenvalue weighted by Gasteiger charge is 2.48. The van der Waals surface area contributed by atoms with E-state index >= 15 is 0 Å². The number of anilines is 1. The normalized spacial score (nSPS) is 17.3. The Labute approximate surface area is 198 Å². The van der Waals surface area contributed by atoms with Gasteiger partial charge in [-0.15, -0.1) is 0 Å². The van der Waals surface area contributed by atoms with Crippen LogP contribution in [0.2, 0.25) is 0 Å². The van der Waals surface area contributed by atoms with Gasteiger partial charge in [0.25, 0.3) is 11.7 Å². The number of amides is 1. The maximum absolute atomic E-state index is 13.2. The molecular formula is C27H27NO6. The highest BCUT2D eigenvalue weighted by atomic mass is 16.5. The minimum Gasteiger partial charge on any atom is -0.507 e. The molecule has 4 rings (SSSR count). The predicted octanol–water partition coefficient (Wildman–Crippen LogP) is 5.32. The molecule has 1 unspecified atom stereocenters. The van der Waals surface area contributed by atoms with Crippen LogP contribution in [0.5, 0.6) is 11.5 Å². The zero-order valence-corrected chi connectivity index (χ0v) is 19.6. The number of rotatable bonds is 7. The van der Waals surface area contributed by atoms with Crippen molar-refractivity contribution in [2.45, 2.75) is 33.7 Å². The molecule has 1 aliphatic heterocycles. The van der Waals surface area contributed by atoms with Crippen molar-refractivity contribution in [2.75, 3.05) is 18.1 Å². The third kappa shape index (κ3) is 4.17. The molecule has 3 aromatic rings. The highest BCUT2D eigenvalue weighted by molar-refractivity contribution is 6.51. The molecule has 1 atom stereocenters. The van der Waals surface area contributed by atoms with Gasteiger partial charge in [0, 0.05) is 11.3 Å². The topological polar surface area (TPSA) is 89.2 Å². The quantitative estimate of drug-likeness (QED) is 0.291. The SMILES string of the molecule is CCOc1ccc(N2C(=O)C(=O)/C(=C(\O)c3ccc(OCC)c(C)c3)C2c2ccc(C)o2)cc1. The fraction of sp³-hybridized carbons (Fsp3) is 0.259. The van der Waals surface area contributed by atoms with Gasteiger partial charge >= 0.3 is 0 Å². The lowest BCUT2D eigenvalue weighted by Gasteiger charge is -2.23. The molecule has 1 N–H and O–H groups in total. The molecule has 34 heavy (non-hydrogen) atoms. The van der Waals surface area contributed by atoms with Crippen LogP contribution >= 0.6 is 0 Å². The molecule has 7 nitrogen and oxygen atoms in total. The Bertz CT molecular complexity index is 1250. The number of carbonyl (C=O) groups excluding carboxylic acids is 2. The van der Waals surface area contributed by atoms with Gasteiger partial charge in [0.05, 0.1) is 18.8 Å². The number of ether oxygens (including phenoxy) is 2. The molecule has 2 aromatic carbocycles. The second-order valence-electron chi connectivity index (χ2n) is 7.96. The molecule has 1 amide bonds. The van der Waals surface area contributed by atoms with E-state index in [2.05, 4.69) is 0 Å². The van der Waals surface area contributed by atoms with Crippen LogP contribution in [0.15, 0.2) is 64.6 Å². The van der Waals surface area contributed by atoms with E-state index in [1.54, 1.807) is 61.5 Å². The number of carbonyl (C=O) groups is 2. The number of aryl methyl sites for hydroxylation is 2. The average molecular weight is 462 g/mol. The lowest BCUT2D eigenvalue weighted by Crippen LogP contribution is -2.29. The van der Waals surface area contributed by atoms with Crippen molar-refractivity contribution in [3.8, 4) is 11.5 Å². The number of Topliss-reactive ketones (excluding diaryl/α,β-unsaturated/α-hetero) is 1. The number of benzene rings is 2. The average Bonchev–Trinajstić information content (AvgIpc) is 3.36. The van der Waals surface area contributed by atoms with Crippen LogP contribution in [0.25, 0.3) is 5.76 Å². The molecule has 1 aliphatic rings. The van der Waals surface area contributed by atoms with E-state index in [0.29, 0.717) is 47.5 Å². The highest BCUT2D eigenvalue weighted by Crippen LogP contribution is 2.43. The monoisotopic (exact) mass is 461 g/mol. The minimum absolute atomic E-state index is 0.0307. The van der Waals surface area contributed by atoms with Crippen LogP contribution in [-0.2, 0) is 9.59 Å². The van der Waals surface area contributed by atoms with E-state index in [1.165, 1.54) is 4.90 Å². The number of hydrogen-bond donors (Lipinski definition) is 1. The van der Waals surface area contributed by atoms with Crippen molar-refractivity contribution in [3.63, 3.8) is 0 Å². The third-order valence-electron chi connectivity index (χ3n) is 5.65. The summed E-state index contributed by atoms with van der Waals surface area (Å²) in [5.41, 5.74) is 1.68. The molecule has 2 heterocycles. The fourth-order valence-corrected chi connectivity index (χ4v) is 4.11. The second kappa shape index (κ2) is 9.47. The minimum atomic E-state index is -0.918. The number of ketones is 1. The maximum Gasteiger partial charge on any atom is 0.300 e. The Balaban J connectivity index is 1.85. The maximum atomic E-state index is 13.2. The lowest BCUT2D eigenvalue weighted by molar-refractivity contribution is -0.132. The van der Waals surface area contributed by atoms with Gasteiger partial charge in [-0.2, -0.15) is 0 Å². The predicted molar refractivity (Wildman–Crippen MR) is 128 cm³/mol. The van der Waals surface area contributed by atoms with Gasteiger partial charge < -0.3 is 19.0 Å². The summed E-state index contributed by atoms with van der Waals surface area (Å²) in [6, 6.07) is 14.6. The molecule has 7 heteroatoms. The standard InChI is InChI=1S/C27H27NO6/c1-5-32-20-11-9-19(10-12-20)28-24(22-13-7-17(4)34-22)23(26(30)27(28)31)25(29)18-8-14-21(33-6-2)16(3)15-18/h7-15,24,29H,5-6H2,1-4H3/b25-23-. The summed E-state index contributed by atoms with van der Waals surface area (Å²) in [4.78, 5) is 27.8.